The Kier molecular flexibility index (Phi) is 2.41. The topological polar surface area (TPSA) is 12.5 Å². The Morgan fingerprint density at radius 1 is 1.00 bits per heavy atom. The summed E-state index contributed by atoms with van der Waals surface area (Å²) < 4.78 is 31.8. The molecule has 17 heavy (non-hydrogen) atoms. The summed E-state index contributed by atoms with van der Waals surface area (Å²) in [5.74, 6) is -1.62. The monoisotopic (exact) mass is 232 g/mol. The first kappa shape index (κ1) is 10.4. The zero-order chi connectivity index (χ0) is 11.8. The molecule has 1 unspecified atom stereocenters. The molecule has 2 aromatic rings. The molecule has 1 heterocycles. The molecule has 0 bridgehead atoms. The molecule has 3 heteroatoms. The second-order valence-electron chi connectivity index (χ2n) is 4.05. The molecule has 86 valence electrons. The van der Waals surface area contributed by atoms with Crippen molar-refractivity contribution in [3.8, 4) is 11.1 Å². The maximum Gasteiger partial charge on any atom is 0.166 e. The van der Waals surface area contributed by atoms with Crippen LogP contribution in [0.2, 0.25) is 0 Å². The minimum Gasteiger partial charge on any atom is -0.368 e. The minimum absolute atomic E-state index is 0.182. The Bertz CT molecular complexity index is 545. The van der Waals surface area contributed by atoms with Crippen LogP contribution in [0.1, 0.15) is 11.7 Å². The highest BCUT2D eigenvalue weighted by Crippen LogP contribution is 2.32. The number of halogens is 2. The number of rotatable bonds is 2. The normalized spacial score (nSPS) is 18.1. The summed E-state index contributed by atoms with van der Waals surface area (Å²) in [6, 6.07) is 11.5. The molecule has 0 amide bonds. The van der Waals surface area contributed by atoms with E-state index in [4.69, 9.17) is 4.74 Å². The molecule has 1 saturated heterocycles. The molecule has 0 aliphatic carbocycles. The van der Waals surface area contributed by atoms with Crippen molar-refractivity contribution in [2.45, 2.75) is 6.10 Å². The van der Waals surface area contributed by atoms with Gasteiger partial charge < -0.3 is 4.74 Å². The summed E-state index contributed by atoms with van der Waals surface area (Å²) in [5.41, 5.74) is 2.03. The van der Waals surface area contributed by atoms with Gasteiger partial charge in [-0.3, -0.25) is 0 Å². The predicted octanol–water partition coefficient (Wildman–Crippen LogP) is 3.70. The van der Waals surface area contributed by atoms with Crippen LogP contribution in [0.3, 0.4) is 0 Å². The molecule has 0 radical (unpaired) electrons. The molecule has 0 spiro atoms. The lowest BCUT2D eigenvalue weighted by molar-refractivity contribution is 0.415. The molecule has 0 saturated carbocycles. The van der Waals surface area contributed by atoms with Gasteiger partial charge in [0.1, 0.15) is 6.10 Å². The first-order valence-corrected chi connectivity index (χ1v) is 5.41. The van der Waals surface area contributed by atoms with Gasteiger partial charge in [0.05, 0.1) is 6.61 Å². The van der Waals surface area contributed by atoms with E-state index in [-0.39, 0.29) is 11.7 Å². The molecule has 1 fully saturated rings. The summed E-state index contributed by atoms with van der Waals surface area (Å²) in [7, 11) is 0. The highest BCUT2D eigenvalue weighted by Gasteiger charge is 2.24. The van der Waals surface area contributed by atoms with Crippen LogP contribution in [0.15, 0.2) is 42.5 Å². The fraction of sp³-hybridized carbons (Fsp3) is 0.143. The van der Waals surface area contributed by atoms with Crippen molar-refractivity contribution in [2.24, 2.45) is 0 Å². The first-order chi connectivity index (χ1) is 8.25. The summed E-state index contributed by atoms with van der Waals surface area (Å²) in [6.07, 6.45) is 0.182. The van der Waals surface area contributed by atoms with Gasteiger partial charge in [0.2, 0.25) is 0 Å². The maximum absolute atomic E-state index is 13.6. The standard InChI is InChI=1S/C14H10F2O/c15-12-3-1-2-11(14(12)16)9-4-6-10(7-5-9)13-8-17-13/h1-7,13H,8H2. The molecule has 1 aliphatic rings. The van der Waals surface area contributed by atoms with Crippen molar-refractivity contribution < 1.29 is 13.5 Å². The van der Waals surface area contributed by atoms with Crippen molar-refractivity contribution in [1.82, 2.24) is 0 Å². The number of hydrogen-bond acceptors (Lipinski definition) is 1. The summed E-state index contributed by atoms with van der Waals surface area (Å²) in [4.78, 5) is 0. The lowest BCUT2D eigenvalue weighted by Crippen LogP contribution is -1.89. The van der Waals surface area contributed by atoms with E-state index in [0.29, 0.717) is 5.56 Å². The minimum atomic E-state index is -0.822. The third kappa shape index (κ3) is 1.94. The van der Waals surface area contributed by atoms with Gasteiger partial charge in [0.15, 0.2) is 11.6 Å². The second kappa shape index (κ2) is 3.93. The number of hydrogen-bond donors (Lipinski definition) is 0. The highest BCUT2D eigenvalue weighted by molar-refractivity contribution is 5.64. The highest BCUT2D eigenvalue weighted by atomic mass is 19.2. The van der Waals surface area contributed by atoms with Crippen LogP contribution in [-0.2, 0) is 4.74 Å². The van der Waals surface area contributed by atoms with Crippen molar-refractivity contribution in [3.05, 3.63) is 59.7 Å². The third-order valence-electron chi connectivity index (χ3n) is 2.88. The van der Waals surface area contributed by atoms with Crippen molar-refractivity contribution in [1.29, 1.82) is 0 Å². The molecule has 0 aromatic heterocycles. The zero-order valence-electron chi connectivity index (χ0n) is 8.99. The number of epoxide rings is 1. The van der Waals surface area contributed by atoms with Gasteiger partial charge in [-0.05, 0) is 17.2 Å². The van der Waals surface area contributed by atoms with Crippen LogP contribution in [0.4, 0.5) is 8.78 Å². The first-order valence-electron chi connectivity index (χ1n) is 5.41. The Balaban J connectivity index is 2.00. The van der Waals surface area contributed by atoms with Gasteiger partial charge in [-0.15, -0.1) is 0 Å². The molecule has 2 aromatic carbocycles. The Morgan fingerprint density at radius 3 is 2.35 bits per heavy atom. The van der Waals surface area contributed by atoms with Gasteiger partial charge in [0, 0.05) is 5.56 Å². The fourth-order valence-corrected chi connectivity index (χ4v) is 1.84. The van der Waals surface area contributed by atoms with Gasteiger partial charge in [-0.25, -0.2) is 8.78 Å². The van der Waals surface area contributed by atoms with E-state index in [1.165, 1.54) is 6.07 Å². The Morgan fingerprint density at radius 2 is 1.71 bits per heavy atom. The predicted molar refractivity (Wildman–Crippen MR) is 60.5 cm³/mol. The van der Waals surface area contributed by atoms with E-state index in [0.717, 1.165) is 18.2 Å². The van der Waals surface area contributed by atoms with Gasteiger partial charge >= 0.3 is 0 Å². The second-order valence-corrected chi connectivity index (χ2v) is 4.05. The molecular weight excluding hydrogens is 222 g/mol. The molecule has 1 atom stereocenters. The van der Waals surface area contributed by atoms with Gasteiger partial charge in [0.25, 0.3) is 0 Å². The van der Waals surface area contributed by atoms with Crippen LogP contribution in [-0.4, -0.2) is 6.61 Å². The van der Waals surface area contributed by atoms with Gasteiger partial charge in [-0.1, -0.05) is 36.4 Å². The van der Waals surface area contributed by atoms with E-state index in [1.54, 1.807) is 18.2 Å². The zero-order valence-corrected chi connectivity index (χ0v) is 8.99. The van der Waals surface area contributed by atoms with E-state index < -0.39 is 11.6 Å². The van der Waals surface area contributed by atoms with E-state index in [9.17, 15) is 8.78 Å². The molecule has 1 nitrogen and oxygen atoms in total. The average molecular weight is 232 g/mol. The smallest absolute Gasteiger partial charge is 0.166 e. The van der Waals surface area contributed by atoms with E-state index in [2.05, 4.69) is 0 Å². The molecular formula is C14H10F2O. The average Bonchev–Trinajstić information content (AvgIpc) is 3.17. The van der Waals surface area contributed by atoms with Crippen LogP contribution in [0, 0.1) is 11.6 Å². The number of benzene rings is 2. The lowest BCUT2D eigenvalue weighted by atomic mass is 10.0. The van der Waals surface area contributed by atoms with Crippen molar-refractivity contribution in [3.63, 3.8) is 0 Å². The molecule has 1 aliphatic heterocycles. The SMILES string of the molecule is Fc1cccc(-c2ccc(C3CO3)cc2)c1F. The Hall–Kier alpha value is -1.74. The Labute approximate surface area is 97.7 Å². The fourth-order valence-electron chi connectivity index (χ4n) is 1.84. The van der Waals surface area contributed by atoms with Crippen molar-refractivity contribution in [2.75, 3.05) is 6.61 Å². The lowest BCUT2D eigenvalue weighted by Gasteiger charge is -2.05. The largest absolute Gasteiger partial charge is 0.368 e. The van der Waals surface area contributed by atoms with E-state index in [1.807, 2.05) is 12.1 Å². The summed E-state index contributed by atoms with van der Waals surface area (Å²) in [5, 5.41) is 0. The summed E-state index contributed by atoms with van der Waals surface area (Å²) >= 11 is 0. The maximum atomic E-state index is 13.6. The molecule has 3 rings (SSSR count). The van der Waals surface area contributed by atoms with Crippen molar-refractivity contribution >= 4 is 0 Å². The van der Waals surface area contributed by atoms with E-state index >= 15 is 0 Å². The third-order valence-corrected chi connectivity index (χ3v) is 2.88. The van der Waals surface area contributed by atoms with Crippen LogP contribution < -0.4 is 0 Å². The molecule has 0 N–H and O–H groups in total. The number of ether oxygens (including phenoxy) is 1. The quantitative estimate of drug-likeness (QED) is 0.719. The van der Waals surface area contributed by atoms with Crippen LogP contribution >= 0.6 is 0 Å². The van der Waals surface area contributed by atoms with Crippen LogP contribution in [0.5, 0.6) is 0 Å². The summed E-state index contributed by atoms with van der Waals surface area (Å²) in [6.45, 7) is 0.744. The van der Waals surface area contributed by atoms with Gasteiger partial charge in [-0.2, -0.15) is 0 Å². The van der Waals surface area contributed by atoms with Crippen LogP contribution in [0.25, 0.3) is 11.1 Å².